The molecular weight excluding hydrogens is 454 g/mol. The smallest absolute Gasteiger partial charge is 0.188 e. The second-order valence-corrected chi connectivity index (χ2v) is 8.63. The molecule has 0 amide bonds. The van der Waals surface area contributed by atoms with E-state index in [-0.39, 0.29) is 0 Å². The lowest BCUT2D eigenvalue weighted by Crippen LogP contribution is -1.97. The van der Waals surface area contributed by atoms with Gasteiger partial charge >= 0.3 is 0 Å². The van der Waals surface area contributed by atoms with Gasteiger partial charge in [0.1, 0.15) is 0 Å². The maximum absolute atomic E-state index is 9.51. The van der Waals surface area contributed by atoms with E-state index in [0.29, 0.717) is 16.8 Å². The van der Waals surface area contributed by atoms with Crippen LogP contribution in [0.3, 0.4) is 0 Å². The van der Waals surface area contributed by atoms with E-state index in [1.165, 1.54) is 0 Å². The van der Waals surface area contributed by atoms with Crippen molar-refractivity contribution >= 4 is 27.5 Å². The Morgan fingerprint density at radius 2 is 1.43 bits per heavy atom. The van der Waals surface area contributed by atoms with E-state index in [0.717, 1.165) is 49.9 Å². The molecule has 0 bridgehead atoms. The number of fused-ring (bicyclic) bond motifs is 3. The molecule has 0 fully saturated rings. The topological polar surface area (TPSA) is 69.8 Å². The lowest BCUT2D eigenvalue weighted by Gasteiger charge is -2.15. The molecule has 2 aromatic heterocycles. The maximum atomic E-state index is 9.51. The van der Waals surface area contributed by atoms with Gasteiger partial charge in [0.2, 0.25) is 0 Å². The molecule has 37 heavy (non-hydrogen) atoms. The van der Waals surface area contributed by atoms with E-state index in [1.807, 2.05) is 60.7 Å². The van der Waals surface area contributed by atoms with Crippen molar-refractivity contribution in [3.8, 4) is 40.2 Å². The minimum atomic E-state index is 0.557. The summed E-state index contributed by atoms with van der Waals surface area (Å²) >= 11 is 0. The Balaban J connectivity index is 1.61. The molecule has 6 aromatic rings. The number of hydrogen-bond acceptors (Lipinski definition) is 3. The van der Waals surface area contributed by atoms with Gasteiger partial charge in [-0.05, 0) is 65.5 Å². The Kier molecular flexibility index (Phi) is 5.20. The first-order valence-corrected chi connectivity index (χ1v) is 11.6. The quantitative estimate of drug-likeness (QED) is 0.247. The maximum Gasteiger partial charge on any atom is 0.188 e. The van der Waals surface area contributed by atoms with E-state index >= 15 is 0 Å². The molecule has 0 saturated carbocycles. The zero-order valence-corrected chi connectivity index (χ0v) is 19.6. The zero-order valence-electron chi connectivity index (χ0n) is 19.6. The normalized spacial score (nSPS) is 10.6. The summed E-state index contributed by atoms with van der Waals surface area (Å²) in [5.74, 6) is 0. The van der Waals surface area contributed by atoms with E-state index < -0.39 is 0 Å². The first-order chi connectivity index (χ1) is 18.2. The van der Waals surface area contributed by atoms with Gasteiger partial charge in [-0.1, -0.05) is 42.5 Å². The highest BCUT2D eigenvalue weighted by atomic mass is 15.0. The summed E-state index contributed by atoms with van der Waals surface area (Å²) in [7, 11) is 0. The lowest BCUT2D eigenvalue weighted by molar-refractivity contribution is 1.18. The first kappa shape index (κ1) is 21.8. The average Bonchev–Trinajstić information content (AvgIpc) is 3.29. The average molecular weight is 472 g/mol. The molecule has 6 rings (SSSR count). The molecule has 0 atom stereocenters. The van der Waals surface area contributed by atoms with Crippen LogP contribution in [0.15, 0.2) is 103 Å². The number of aromatic nitrogens is 2. The predicted molar refractivity (Wildman–Crippen MR) is 145 cm³/mol. The highest BCUT2D eigenvalue weighted by molar-refractivity contribution is 6.11. The Labute approximate surface area is 213 Å². The summed E-state index contributed by atoms with van der Waals surface area (Å²) < 4.78 is 2.19. The van der Waals surface area contributed by atoms with Crippen LogP contribution in [0.25, 0.3) is 54.7 Å². The van der Waals surface area contributed by atoms with Crippen LogP contribution in [-0.2, 0) is 0 Å². The van der Waals surface area contributed by atoms with Crippen LogP contribution in [0, 0.1) is 29.2 Å². The van der Waals surface area contributed by atoms with Gasteiger partial charge in [-0.15, -0.1) is 0 Å². The zero-order chi connectivity index (χ0) is 25.4. The van der Waals surface area contributed by atoms with Crippen LogP contribution in [0.1, 0.15) is 11.1 Å². The van der Waals surface area contributed by atoms with Crippen molar-refractivity contribution in [3.05, 3.63) is 126 Å². The van der Waals surface area contributed by atoms with Gasteiger partial charge in [0.25, 0.3) is 0 Å². The van der Waals surface area contributed by atoms with Gasteiger partial charge in [0.05, 0.1) is 52.3 Å². The van der Waals surface area contributed by atoms with E-state index in [9.17, 15) is 10.5 Å². The van der Waals surface area contributed by atoms with Crippen molar-refractivity contribution in [2.45, 2.75) is 0 Å². The number of para-hydroxylation sites is 1. The van der Waals surface area contributed by atoms with Crippen molar-refractivity contribution in [3.63, 3.8) is 0 Å². The molecule has 0 aliphatic carbocycles. The fourth-order valence-electron chi connectivity index (χ4n) is 4.83. The molecule has 0 aliphatic heterocycles. The lowest BCUT2D eigenvalue weighted by atomic mass is 9.99. The van der Waals surface area contributed by atoms with Gasteiger partial charge in [0.15, 0.2) is 5.69 Å². The Morgan fingerprint density at radius 3 is 2.24 bits per heavy atom. The van der Waals surface area contributed by atoms with Gasteiger partial charge in [0, 0.05) is 22.7 Å². The molecule has 0 N–H and O–H groups in total. The first-order valence-electron chi connectivity index (χ1n) is 11.6. The third-order valence-electron chi connectivity index (χ3n) is 6.51. The highest BCUT2D eigenvalue weighted by Crippen LogP contribution is 2.38. The molecule has 2 heterocycles. The van der Waals surface area contributed by atoms with Crippen LogP contribution in [0.5, 0.6) is 0 Å². The standard InChI is InChI=1S/C32H17N5/c1-35-25-10-12-32-28(18-25)27-15-21(19-33)9-11-31(27)37(32)30-8-3-2-7-26(30)23-5-4-6-24(17-23)29-16-22(20-34)13-14-36-29/h2-18H. The Bertz CT molecular complexity index is 1900. The monoisotopic (exact) mass is 471 g/mol. The van der Waals surface area contributed by atoms with Crippen molar-refractivity contribution in [2.75, 3.05) is 0 Å². The van der Waals surface area contributed by atoms with Crippen LogP contribution in [0.4, 0.5) is 5.69 Å². The summed E-state index contributed by atoms with van der Waals surface area (Å²) in [4.78, 5) is 8.09. The number of nitriles is 2. The number of hydrogen-bond donors (Lipinski definition) is 0. The third kappa shape index (κ3) is 3.67. The number of pyridine rings is 1. The summed E-state index contributed by atoms with van der Waals surface area (Å²) in [6.45, 7) is 7.48. The van der Waals surface area contributed by atoms with Gasteiger partial charge < -0.3 is 4.57 Å². The van der Waals surface area contributed by atoms with E-state index in [2.05, 4.69) is 50.8 Å². The van der Waals surface area contributed by atoms with Crippen molar-refractivity contribution in [1.29, 1.82) is 10.5 Å². The van der Waals surface area contributed by atoms with Crippen molar-refractivity contribution in [1.82, 2.24) is 9.55 Å². The number of nitrogens with zero attached hydrogens (tertiary/aromatic N) is 5. The summed E-state index contributed by atoms with van der Waals surface area (Å²) in [5.41, 5.74) is 8.31. The molecule has 0 saturated heterocycles. The molecule has 0 unspecified atom stereocenters. The molecule has 170 valence electrons. The molecule has 4 aromatic carbocycles. The number of benzene rings is 4. The SMILES string of the molecule is [C-]#[N+]c1ccc2c(c1)c1cc(C#N)ccc1n2-c1ccccc1-c1cccc(-c2cc(C#N)ccn2)c1. The molecule has 0 aliphatic rings. The fourth-order valence-corrected chi connectivity index (χ4v) is 4.83. The van der Waals surface area contributed by atoms with Crippen molar-refractivity contribution in [2.24, 2.45) is 0 Å². The Morgan fingerprint density at radius 1 is 0.703 bits per heavy atom. The van der Waals surface area contributed by atoms with E-state index in [4.69, 9.17) is 6.57 Å². The molecule has 5 heteroatoms. The molecule has 0 spiro atoms. The van der Waals surface area contributed by atoms with Crippen molar-refractivity contribution < 1.29 is 0 Å². The van der Waals surface area contributed by atoms with Gasteiger partial charge in [-0.2, -0.15) is 10.5 Å². The van der Waals surface area contributed by atoms with Crippen LogP contribution >= 0.6 is 0 Å². The Hall–Kier alpha value is -5.70. The molecule has 0 radical (unpaired) electrons. The largest absolute Gasteiger partial charge is 0.309 e. The minimum Gasteiger partial charge on any atom is -0.309 e. The van der Waals surface area contributed by atoms with Crippen LogP contribution in [-0.4, -0.2) is 9.55 Å². The van der Waals surface area contributed by atoms with Crippen LogP contribution < -0.4 is 0 Å². The summed E-state index contributed by atoms with van der Waals surface area (Å²) in [6, 6.07) is 35.6. The summed E-state index contributed by atoms with van der Waals surface area (Å²) in [5, 5.41) is 20.7. The minimum absolute atomic E-state index is 0.557. The molecule has 5 nitrogen and oxygen atoms in total. The van der Waals surface area contributed by atoms with Gasteiger partial charge in [-0.3, -0.25) is 4.98 Å². The number of rotatable bonds is 3. The fraction of sp³-hybridized carbons (Fsp3) is 0. The molecular formula is C32H17N5. The third-order valence-corrected chi connectivity index (χ3v) is 6.51. The van der Waals surface area contributed by atoms with Gasteiger partial charge in [-0.25, -0.2) is 4.85 Å². The second-order valence-electron chi connectivity index (χ2n) is 8.63. The predicted octanol–water partition coefficient (Wildman–Crippen LogP) is 7.81. The van der Waals surface area contributed by atoms with E-state index in [1.54, 1.807) is 18.3 Å². The highest BCUT2D eigenvalue weighted by Gasteiger charge is 2.17. The second kappa shape index (κ2) is 8.82. The van der Waals surface area contributed by atoms with Crippen LogP contribution in [0.2, 0.25) is 0 Å². The summed E-state index contributed by atoms with van der Waals surface area (Å²) in [6.07, 6.45) is 1.65.